The first kappa shape index (κ1) is 35.3. The second-order valence-corrected chi connectivity index (χ2v) is 15.3. The van der Waals surface area contributed by atoms with Crippen molar-refractivity contribution in [1.82, 2.24) is 14.1 Å². The van der Waals surface area contributed by atoms with Crippen molar-refractivity contribution in [3.8, 4) is 22.8 Å². The van der Waals surface area contributed by atoms with Gasteiger partial charge in [0.2, 0.25) is 5.89 Å². The molecule has 11 aromatic rings. The van der Waals surface area contributed by atoms with Crippen LogP contribution >= 0.6 is 0 Å². The standard InChI is InChI=1S/C54H39N5O/c1-35-33-40(29-30-41(35)53(55-34-37-17-6-3-7-18-37)56-36(2)38-19-8-4-9-20-38)58-47-26-14-12-23-42(47)44-31-32-45-43-24-13-15-27-48(43)59(51(45)50(44)58)49-28-16-25-46-52(49)60-54(57-46)39-21-10-5-11-22-39/h3-33H,34H2,1-2H3. The lowest BCUT2D eigenvalue weighted by Crippen LogP contribution is -2.07. The molecule has 286 valence electrons. The minimum atomic E-state index is 0.531. The van der Waals surface area contributed by atoms with Gasteiger partial charge in [0.15, 0.2) is 11.4 Å². The number of oxazole rings is 1. The van der Waals surface area contributed by atoms with E-state index < -0.39 is 0 Å². The Balaban J connectivity index is 1.15. The van der Waals surface area contributed by atoms with Gasteiger partial charge in [-0.2, -0.15) is 0 Å². The van der Waals surface area contributed by atoms with E-state index in [1.807, 2.05) is 60.7 Å². The molecule has 0 spiro atoms. The Labute approximate surface area is 347 Å². The van der Waals surface area contributed by atoms with Gasteiger partial charge in [0.1, 0.15) is 5.52 Å². The van der Waals surface area contributed by atoms with Gasteiger partial charge in [-0.3, -0.25) is 4.99 Å². The zero-order valence-electron chi connectivity index (χ0n) is 33.2. The van der Waals surface area contributed by atoms with Crippen LogP contribution in [0.4, 0.5) is 0 Å². The van der Waals surface area contributed by atoms with E-state index in [0.717, 1.165) is 83.5 Å². The highest BCUT2D eigenvalue weighted by Crippen LogP contribution is 2.43. The lowest BCUT2D eigenvalue weighted by atomic mass is 10.1. The van der Waals surface area contributed by atoms with Gasteiger partial charge in [-0.05, 0) is 85.1 Å². The Morgan fingerprint density at radius 3 is 1.90 bits per heavy atom. The van der Waals surface area contributed by atoms with Crippen LogP contribution in [-0.2, 0) is 6.54 Å². The molecule has 0 saturated carbocycles. The molecule has 0 N–H and O–H groups in total. The summed E-state index contributed by atoms with van der Waals surface area (Å²) in [6, 6.07) is 65.6. The van der Waals surface area contributed by atoms with Crippen LogP contribution in [0.3, 0.4) is 0 Å². The highest BCUT2D eigenvalue weighted by atomic mass is 16.3. The van der Waals surface area contributed by atoms with Gasteiger partial charge in [0.25, 0.3) is 0 Å². The molecule has 11 rings (SSSR count). The second kappa shape index (κ2) is 14.5. The number of aromatic nitrogens is 3. The Hall–Kier alpha value is -7.83. The Morgan fingerprint density at radius 1 is 0.583 bits per heavy atom. The number of nitrogens with zero attached hydrogens (tertiary/aromatic N) is 5. The van der Waals surface area contributed by atoms with Crippen LogP contribution < -0.4 is 0 Å². The van der Waals surface area contributed by atoms with E-state index in [-0.39, 0.29) is 0 Å². The van der Waals surface area contributed by atoms with E-state index in [0.29, 0.717) is 18.3 Å². The molecule has 0 saturated heterocycles. The summed E-state index contributed by atoms with van der Waals surface area (Å²) in [5, 5.41) is 4.69. The van der Waals surface area contributed by atoms with E-state index in [9.17, 15) is 0 Å². The third-order valence-electron chi connectivity index (χ3n) is 11.6. The fourth-order valence-corrected chi connectivity index (χ4v) is 8.70. The predicted octanol–water partition coefficient (Wildman–Crippen LogP) is 13.5. The summed E-state index contributed by atoms with van der Waals surface area (Å²) in [6.07, 6.45) is 0. The van der Waals surface area contributed by atoms with Crippen molar-refractivity contribution in [3.63, 3.8) is 0 Å². The maximum atomic E-state index is 6.69. The molecule has 8 aromatic carbocycles. The van der Waals surface area contributed by atoms with Crippen molar-refractivity contribution in [3.05, 3.63) is 210 Å². The first-order chi connectivity index (χ1) is 29.6. The van der Waals surface area contributed by atoms with Gasteiger partial charge in [-0.15, -0.1) is 0 Å². The average molecular weight is 774 g/mol. The second-order valence-electron chi connectivity index (χ2n) is 15.3. The third-order valence-corrected chi connectivity index (χ3v) is 11.6. The quantitative estimate of drug-likeness (QED) is 0.120. The van der Waals surface area contributed by atoms with Gasteiger partial charge < -0.3 is 13.6 Å². The molecule has 0 amide bonds. The van der Waals surface area contributed by atoms with Crippen LogP contribution in [0.5, 0.6) is 0 Å². The zero-order valence-corrected chi connectivity index (χ0v) is 33.2. The van der Waals surface area contributed by atoms with Crippen molar-refractivity contribution in [2.45, 2.75) is 20.4 Å². The molecule has 0 bridgehead atoms. The first-order valence-electron chi connectivity index (χ1n) is 20.3. The maximum absolute atomic E-state index is 6.69. The number of rotatable bonds is 7. The summed E-state index contributed by atoms with van der Waals surface area (Å²) in [4.78, 5) is 15.3. The first-order valence-corrected chi connectivity index (χ1v) is 20.3. The maximum Gasteiger partial charge on any atom is 0.227 e. The number of amidine groups is 1. The van der Waals surface area contributed by atoms with Crippen molar-refractivity contribution in [2.75, 3.05) is 0 Å². The fourth-order valence-electron chi connectivity index (χ4n) is 8.70. The highest BCUT2D eigenvalue weighted by molar-refractivity contribution is 6.24. The molecule has 0 aliphatic heterocycles. The van der Waals surface area contributed by atoms with Crippen LogP contribution in [0.15, 0.2) is 202 Å². The number of para-hydroxylation sites is 3. The van der Waals surface area contributed by atoms with E-state index in [1.54, 1.807) is 0 Å². The lowest BCUT2D eigenvalue weighted by Gasteiger charge is -2.15. The largest absolute Gasteiger partial charge is 0.434 e. The third kappa shape index (κ3) is 5.92. The molecule has 3 heterocycles. The summed E-state index contributed by atoms with van der Waals surface area (Å²) in [7, 11) is 0. The topological polar surface area (TPSA) is 60.6 Å². The van der Waals surface area contributed by atoms with E-state index in [4.69, 9.17) is 19.4 Å². The zero-order chi connectivity index (χ0) is 40.2. The van der Waals surface area contributed by atoms with Crippen LogP contribution in [0.2, 0.25) is 0 Å². The Kier molecular flexibility index (Phi) is 8.55. The summed E-state index contributed by atoms with van der Waals surface area (Å²) in [5.74, 6) is 1.31. The summed E-state index contributed by atoms with van der Waals surface area (Å²) in [6.45, 7) is 4.75. The number of hydrogen-bond acceptors (Lipinski definition) is 3. The Morgan fingerprint density at radius 2 is 1.20 bits per heavy atom. The molecule has 3 aromatic heterocycles. The smallest absolute Gasteiger partial charge is 0.227 e. The number of aryl methyl sites for hydroxylation is 1. The number of fused-ring (bicyclic) bond motifs is 8. The van der Waals surface area contributed by atoms with Crippen molar-refractivity contribution < 1.29 is 4.42 Å². The molecule has 0 unspecified atom stereocenters. The highest BCUT2D eigenvalue weighted by Gasteiger charge is 2.24. The molecule has 0 radical (unpaired) electrons. The van der Waals surface area contributed by atoms with Crippen molar-refractivity contribution >= 4 is 66.3 Å². The molecule has 0 atom stereocenters. The van der Waals surface area contributed by atoms with Crippen LogP contribution in [0.25, 0.3) is 77.5 Å². The number of aliphatic imine (C=N–C) groups is 2. The molecule has 0 fully saturated rings. The summed E-state index contributed by atoms with van der Waals surface area (Å²) in [5.41, 5.74) is 14.1. The SMILES string of the molecule is CC(=NC(=NCc1ccccc1)c1ccc(-n2c3ccccc3c3ccc4c5ccccc5n(-c5cccc6nc(-c7ccccc7)oc56)c4c32)cc1C)c1ccccc1. The molecule has 0 aliphatic carbocycles. The fraction of sp³-hybridized carbons (Fsp3) is 0.0556. The van der Waals surface area contributed by atoms with Gasteiger partial charge in [-0.25, -0.2) is 9.98 Å². The van der Waals surface area contributed by atoms with Gasteiger partial charge in [0.05, 0.1) is 34.3 Å². The molecule has 6 nitrogen and oxygen atoms in total. The molecule has 6 heteroatoms. The minimum absolute atomic E-state index is 0.531. The van der Waals surface area contributed by atoms with Gasteiger partial charge >= 0.3 is 0 Å². The van der Waals surface area contributed by atoms with Crippen molar-refractivity contribution in [1.29, 1.82) is 0 Å². The average Bonchev–Trinajstić information content (AvgIpc) is 3.99. The van der Waals surface area contributed by atoms with Crippen LogP contribution in [0, 0.1) is 6.92 Å². The van der Waals surface area contributed by atoms with Crippen LogP contribution in [-0.4, -0.2) is 25.7 Å². The minimum Gasteiger partial charge on any atom is -0.434 e. The summed E-state index contributed by atoms with van der Waals surface area (Å²) >= 11 is 0. The Bertz CT molecular complexity index is 3460. The van der Waals surface area contributed by atoms with E-state index in [1.165, 1.54) is 16.2 Å². The molecular weight excluding hydrogens is 735 g/mol. The van der Waals surface area contributed by atoms with Crippen molar-refractivity contribution in [2.24, 2.45) is 9.98 Å². The number of hydrogen-bond donors (Lipinski definition) is 0. The monoisotopic (exact) mass is 773 g/mol. The van der Waals surface area contributed by atoms with Crippen LogP contribution in [0.1, 0.15) is 29.2 Å². The number of benzene rings is 8. The van der Waals surface area contributed by atoms with Gasteiger partial charge in [0, 0.05) is 44.1 Å². The molecule has 60 heavy (non-hydrogen) atoms. The molecular formula is C54H39N5O. The molecule has 0 aliphatic rings. The van der Waals surface area contributed by atoms with Gasteiger partial charge in [-0.1, -0.05) is 133 Å². The lowest BCUT2D eigenvalue weighted by molar-refractivity contribution is 0.618. The normalized spacial score (nSPS) is 12.4. The summed E-state index contributed by atoms with van der Waals surface area (Å²) < 4.78 is 11.5. The van der Waals surface area contributed by atoms with E-state index in [2.05, 4.69) is 150 Å². The van der Waals surface area contributed by atoms with E-state index >= 15 is 0 Å². The predicted molar refractivity (Wildman–Crippen MR) is 248 cm³/mol.